The smallest absolute Gasteiger partial charge is 0.205 e. The average Bonchev–Trinajstić information content (AvgIpc) is 2.92. The molecule has 7 rings (SSSR count). The third-order valence-corrected chi connectivity index (χ3v) is 9.30. The van der Waals surface area contributed by atoms with Crippen LogP contribution in [0.1, 0.15) is 55.2 Å². The molecule has 3 aromatic carbocycles. The zero-order valence-electron chi connectivity index (χ0n) is 21.9. The molecule has 0 spiro atoms. The highest BCUT2D eigenvalue weighted by Gasteiger charge is 2.52. The molecule has 4 bridgehead atoms. The number of aliphatic imine (C=N–C) groups is 1. The number of benzene rings is 3. The molecule has 0 saturated heterocycles. The summed E-state index contributed by atoms with van der Waals surface area (Å²) in [5.74, 6) is 4.06. The highest BCUT2D eigenvalue weighted by Crippen LogP contribution is 2.62. The molecule has 4 aliphatic carbocycles. The zero-order chi connectivity index (χ0) is 26.3. The Morgan fingerprint density at radius 3 is 2.21 bits per heavy atom. The van der Waals surface area contributed by atoms with E-state index in [1.165, 1.54) is 55.2 Å². The van der Waals surface area contributed by atoms with Gasteiger partial charge in [0.1, 0.15) is 11.5 Å². The second kappa shape index (κ2) is 10.4. The molecule has 3 aromatic rings. The molecule has 196 valence electrons. The van der Waals surface area contributed by atoms with Crippen LogP contribution in [0.25, 0.3) is 11.1 Å². The highest BCUT2D eigenvalue weighted by molar-refractivity contribution is 6.35. The topological polar surface area (TPSA) is 30.8 Å². The SMILES string of the molecule is COc1ccccc1-c1ccccc1/N=C/c1cc(C)cc(C23CC4CC(CC(C4)C2)C3)c1O/C(Cl)=C\Cl. The van der Waals surface area contributed by atoms with Crippen LogP contribution in [-0.4, -0.2) is 13.3 Å². The maximum absolute atomic E-state index is 6.40. The lowest BCUT2D eigenvalue weighted by molar-refractivity contribution is -0.00606. The van der Waals surface area contributed by atoms with Crippen molar-refractivity contribution in [3.05, 3.63) is 88.1 Å². The van der Waals surface area contributed by atoms with Crippen LogP contribution in [-0.2, 0) is 5.41 Å². The summed E-state index contributed by atoms with van der Waals surface area (Å²) in [6.07, 6.45) is 9.77. The number of para-hydroxylation sites is 2. The van der Waals surface area contributed by atoms with Gasteiger partial charge in [0.25, 0.3) is 0 Å². The maximum atomic E-state index is 6.40. The number of nitrogens with zero attached hydrogens (tertiary/aromatic N) is 1. The van der Waals surface area contributed by atoms with E-state index in [0.717, 1.165) is 51.6 Å². The van der Waals surface area contributed by atoms with E-state index in [1.54, 1.807) is 7.11 Å². The van der Waals surface area contributed by atoms with Gasteiger partial charge in [-0.15, -0.1) is 0 Å². The number of rotatable bonds is 7. The molecule has 3 nitrogen and oxygen atoms in total. The average molecular weight is 547 g/mol. The molecular weight excluding hydrogens is 513 g/mol. The number of hydrogen-bond donors (Lipinski definition) is 0. The Morgan fingerprint density at radius 2 is 1.55 bits per heavy atom. The van der Waals surface area contributed by atoms with Gasteiger partial charge in [0.05, 0.1) is 18.3 Å². The van der Waals surface area contributed by atoms with Crippen molar-refractivity contribution in [3.63, 3.8) is 0 Å². The van der Waals surface area contributed by atoms with Crippen molar-refractivity contribution in [1.82, 2.24) is 0 Å². The van der Waals surface area contributed by atoms with E-state index in [-0.39, 0.29) is 10.6 Å². The Bertz CT molecular complexity index is 1370. The van der Waals surface area contributed by atoms with Crippen LogP contribution in [0.5, 0.6) is 11.5 Å². The molecule has 0 heterocycles. The molecule has 0 unspecified atom stereocenters. The monoisotopic (exact) mass is 545 g/mol. The minimum atomic E-state index is 0.136. The van der Waals surface area contributed by atoms with Crippen molar-refractivity contribution in [2.75, 3.05) is 7.11 Å². The number of ether oxygens (including phenoxy) is 2. The van der Waals surface area contributed by atoms with Gasteiger partial charge in [0.15, 0.2) is 0 Å². The lowest BCUT2D eigenvalue weighted by atomic mass is 9.48. The van der Waals surface area contributed by atoms with E-state index < -0.39 is 0 Å². The normalized spacial score (nSPS) is 26.2. The van der Waals surface area contributed by atoms with Crippen molar-refractivity contribution < 1.29 is 9.47 Å². The van der Waals surface area contributed by atoms with Gasteiger partial charge in [0, 0.05) is 28.5 Å². The van der Waals surface area contributed by atoms with Gasteiger partial charge in [0.2, 0.25) is 5.22 Å². The Kier molecular flexibility index (Phi) is 7.01. The standard InChI is InChI=1S/C33H33Cl2NO2/c1-21-11-25(20-36-29-9-5-3-7-26(29)27-8-4-6-10-30(27)37-2)32(38-31(35)19-34)28(12-21)33-16-22-13-23(17-33)15-24(14-22)18-33/h3-12,19-20,22-24H,13-18H2,1-2H3/b31-19-,36-20+. The molecule has 4 aliphatic rings. The highest BCUT2D eigenvalue weighted by atomic mass is 35.5. The molecule has 5 heteroatoms. The Morgan fingerprint density at radius 1 is 0.921 bits per heavy atom. The predicted molar refractivity (Wildman–Crippen MR) is 157 cm³/mol. The van der Waals surface area contributed by atoms with Gasteiger partial charge in [-0.25, -0.2) is 0 Å². The van der Waals surface area contributed by atoms with Gasteiger partial charge in [-0.2, -0.15) is 0 Å². The molecule has 0 aliphatic heterocycles. The van der Waals surface area contributed by atoms with Crippen LogP contribution in [0, 0.1) is 24.7 Å². The van der Waals surface area contributed by atoms with E-state index in [4.69, 9.17) is 37.7 Å². The van der Waals surface area contributed by atoms with E-state index in [1.807, 2.05) is 42.6 Å². The summed E-state index contributed by atoms with van der Waals surface area (Å²) in [7, 11) is 1.70. The first-order chi connectivity index (χ1) is 18.5. The summed E-state index contributed by atoms with van der Waals surface area (Å²) in [5, 5.41) is 0.172. The second-order valence-corrected chi connectivity index (χ2v) is 12.0. The Balaban J connectivity index is 1.45. The summed E-state index contributed by atoms with van der Waals surface area (Å²) in [5.41, 5.74) is 7.70. The van der Waals surface area contributed by atoms with Gasteiger partial charge in [-0.1, -0.05) is 54.1 Å². The summed E-state index contributed by atoms with van der Waals surface area (Å²) in [6.45, 7) is 2.16. The number of methoxy groups -OCH3 is 1. The van der Waals surface area contributed by atoms with Crippen molar-refractivity contribution in [2.45, 2.75) is 50.9 Å². The number of aryl methyl sites for hydroxylation is 1. The molecule has 4 fully saturated rings. The van der Waals surface area contributed by atoms with Crippen molar-refractivity contribution >= 4 is 35.1 Å². The minimum absolute atomic E-state index is 0.136. The molecule has 0 aromatic heterocycles. The summed E-state index contributed by atoms with van der Waals surface area (Å²) in [6, 6.07) is 20.6. The third-order valence-electron chi connectivity index (χ3n) is 8.80. The lowest BCUT2D eigenvalue weighted by Gasteiger charge is -2.57. The number of hydrogen-bond acceptors (Lipinski definition) is 3. The summed E-state index contributed by atoms with van der Waals surface area (Å²) in [4.78, 5) is 4.99. The van der Waals surface area contributed by atoms with Crippen LogP contribution in [0.2, 0.25) is 0 Å². The second-order valence-electron chi connectivity index (χ2n) is 11.4. The molecule has 0 amide bonds. The van der Waals surface area contributed by atoms with E-state index in [0.29, 0.717) is 0 Å². The molecular formula is C33H33Cl2NO2. The third kappa shape index (κ3) is 4.76. The quantitative estimate of drug-likeness (QED) is 0.218. The minimum Gasteiger partial charge on any atom is -0.496 e. The fraction of sp³-hybridized carbons (Fsp3) is 0.364. The van der Waals surface area contributed by atoms with Crippen LogP contribution in [0.3, 0.4) is 0 Å². The zero-order valence-corrected chi connectivity index (χ0v) is 23.4. The van der Waals surface area contributed by atoms with Gasteiger partial charge < -0.3 is 9.47 Å². The van der Waals surface area contributed by atoms with Gasteiger partial charge in [-0.3, -0.25) is 4.99 Å². The van der Waals surface area contributed by atoms with Gasteiger partial charge in [-0.05, 0) is 104 Å². The van der Waals surface area contributed by atoms with Crippen LogP contribution in [0.4, 0.5) is 5.69 Å². The Labute approximate surface area is 235 Å². The fourth-order valence-corrected chi connectivity index (χ4v) is 7.91. The van der Waals surface area contributed by atoms with Gasteiger partial charge >= 0.3 is 0 Å². The molecule has 0 radical (unpaired) electrons. The van der Waals surface area contributed by atoms with E-state index in [2.05, 4.69) is 31.2 Å². The van der Waals surface area contributed by atoms with E-state index in [9.17, 15) is 0 Å². The van der Waals surface area contributed by atoms with Crippen molar-refractivity contribution in [2.24, 2.45) is 22.7 Å². The maximum Gasteiger partial charge on any atom is 0.205 e. The first-order valence-electron chi connectivity index (χ1n) is 13.5. The van der Waals surface area contributed by atoms with Crippen molar-refractivity contribution in [3.8, 4) is 22.6 Å². The fourth-order valence-electron chi connectivity index (χ4n) is 7.79. The largest absolute Gasteiger partial charge is 0.496 e. The first-order valence-corrected chi connectivity index (χ1v) is 14.3. The Hall–Kier alpha value is -2.75. The predicted octanol–water partition coefficient (Wildman–Crippen LogP) is 9.54. The van der Waals surface area contributed by atoms with Crippen LogP contribution in [0.15, 0.2) is 76.4 Å². The number of halogens is 2. The van der Waals surface area contributed by atoms with Crippen LogP contribution < -0.4 is 9.47 Å². The van der Waals surface area contributed by atoms with Crippen molar-refractivity contribution in [1.29, 1.82) is 0 Å². The molecule has 0 atom stereocenters. The lowest BCUT2D eigenvalue weighted by Crippen LogP contribution is -2.48. The van der Waals surface area contributed by atoms with Crippen LogP contribution >= 0.6 is 23.2 Å². The first kappa shape index (κ1) is 25.5. The molecule has 4 saturated carbocycles. The van der Waals surface area contributed by atoms with E-state index >= 15 is 0 Å². The molecule has 0 N–H and O–H groups in total. The summed E-state index contributed by atoms with van der Waals surface area (Å²) < 4.78 is 11.9. The molecule has 38 heavy (non-hydrogen) atoms. The summed E-state index contributed by atoms with van der Waals surface area (Å²) >= 11 is 12.4.